The quantitative estimate of drug-likeness (QED) is 0.459. The Morgan fingerprint density at radius 2 is 1.82 bits per heavy atom. The first-order valence-electron chi connectivity index (χ1n) is 8.74. The zero-order valence-corrected chi connectivity index (χ0v) is 15.3. The second kappa shape index (κ2) is 7.61. The van der Waals surface area contributed by atoms with Gasteiger partial charge in [-0.1, -0.05) is 0 Å². The molecule has 0 saturated carbocycles. The van der Waals surface area contributed by atoms with Crippen LogP contribution in [0.2, 0.25) is 0 Å². The van der Waals surface area contributed by atoms with Crippen molar-refractivity contribution in [3.05, 3.63) is 39.2 Å². The number of aliphatic hydroxyl groups excluding tert-OH is 4. The van der Waals surface area contributed by atoms with E-state index in [4.69, 9.17) is 9.15 Å². The van der Waals surface area contributed by atoms with Crippen LogP contribution in [0.4, 0.5) is 0 Å². The predicted octanol–water partition coefficient (Wildman–Crippen LogP) is -0.547. The van der Waals surface area contributed by atoms with E-state index in [1.165, 1.54) is 19.1 Å². The number of benzene rings is 1. The van der Waals surface area contributed by atoms with Crippen molar-refractivity contribution in [2.75, 3.05) is 6.61 Å². The summed E-state index contributed by atoms with van der Waals surface area (Å²) in [4.78, 5) is 24.0. The number of phenolic OH excluding ortho intramolecular Hbond substituents is 1. The number of phenols is 1. The molecule has 0 amide bonds. The van der Waals surface area contributed by atoms with Gasteiger partial charge in [0.1, 0.15) is 53.4 Å². The average Bonchev–Trinajstić information content (AvgIpc) is 2.60. The van der Waals surface area contributed by atoms with Gasteiger partial charge in [-0.2, -0.15) is 0 Å². The van der Waals surface area contributed by atoms with Gasteiger partial charge in [-0.3, -0.25) is 9.59 Å². The van der Waals surface area contributed by atoms with Gasteiger partial charge >= 0.3 is 0 Å². The lowest BCUT2D eigenvalue weighted by Crippen LogP contribution is -2.55. The number of aliphatic hydroxyl groups is 4. The molecular weight excluding hydrogens is 372 g/mol. The fourth-order valence-corrected chi connectivity index (χ4v) is 3.52. The normalized spacial score (nSPS) is 27.9. The molecule has 1 aliphatic rings. The monoisotopic (exact) mass is 394 g/mol. The highest BCUT2D eigenvalue weighted by molar-refractivity contribution is 5.86. The predicted molar refractivity (Wildman–Crippen MR) is 96.0 cm³/mol. The fourth-order valence-electron chi connectivity index (χ4n) is 3.52. The maximum Gasteiger partial charge on any atom is 0.193 e. The zero-order chi connectivity index (χ0) is 20.7. The zero-order valence-electron chi connectivity index (χ0n) is 15.3. The molecule has 1 fully saturated rings. The van der Waals surface area contributed by atoms with E-state index in [0.717, 1.165) is 0 Å². The molecule has 1 aromatic carbocycles. The molecule has 0 radical (unpaired) electrons. The number of hydrogen-bond acceptors (Lipinski definition) is 9. The first-order chi connectivity index (χ1) is 13.1. The Labute approximate surface area is 159 Å². The van der Waals surface area contributed by atoms with E-state index in [2.05, 4.69) is 0 Å². The van der Waals surface area contributed by atoms with E-state index in [1.807, 2.05) is 0 Å². The number of hydrogen-bond donors (Lipinski definition) is 5. The van der Waals surface area contributed by atoms with Crippen molar-refractivity contribution in [3.63, 3.8) is 0 Å². The summed E-state index contributed by atoms with van der Waals surface area (Å²) in [5.41, 5.74) is -0.240. The van der Waals surface area contributed by atoms with Gasteiger partial charge in [-0.25, -0.2) is 0 Å². The standard InChI is InChI=1S/C19H22O9/c1-7-3-10(22)14(19-17(26)16(25)15(24)12(6-20)28-19)18-13(7)11(23)5-9(27-18)4-8(2)21/h3,5,12,15-17,19-20,22,24-26H,4,6H2,1-2H3/t12-,15+,16+,17+,19+/m1/s1. The Morgan fingerprint density at radius 1 is 1.14 bits per heavy atom. The topological polar surface area (TPSA) is 158 Å². The van der Waals surface area contributed by atoms with Crippen molar-refractivity contribution in [1.29, 1.82) is 0 Å². The number of ketones is 1. The van der Waals surface area contributed by atoms with Crippen LogP contribution in [-0.4, -0.2) is 62.3 Å². The van der Waals surface area contributed by atoms with Crippen molar-refractivity contribution < 1.29 is 39.5 Å². The van der Waals surface area contributed by atoms with Crippen LogP contribution in [0.1, 0.15) is 29.9 Å². The van der Waals surface area contributed by atoms with Gasteiger partial charge in [0.05, 0.1) is 24.0 Å². The van der Waals surface area contributed by atoms with Crippen LogP contribution in [0, 0.1) is 6.92 Å². The summed E-state index contributed by atoms with van der Waals surface area (Å²) in [5.74, 6) is -0.535. The largest absolute Gasteiger partial charge is 0.507 e. The lowest BCUT2D eigenvalue weighted by molar-refractivity contribution is -0.231. The third-order valence-electron chi connectivity index (χ3n) is 4.87. The lowest BCUT2D eigenvalue weighted by atomic mass is 9.89. The molecule has 0 spiro atoms. The molecule has 9 heteroatoms. The second-order valence-electron chi connectivity index (χ2n) is 7.04. The number of rotatable bonds is 4. The first kappa shape index (κ1) is 20.4. The Balaban J connectivity index is 2.26. The minimum atomic E-state index is -1.67. The molecule has 152 valence electrons. The number of aromatic hydroxyl groups is 1. The molecule has 1 saturated heterocycles. The molecular formula is C19H22O9. The van der Waals surface area contributed by atoms with Gasteiger partial charge in [-0.15, -0.1) is 0 Å². The SMILES string of the molecule is CC(=O)Cc1cc(=O)c2c(C)cc(O)c([C@@H]3O[C@H](CO)[C@H](O)[C@H](O)[C@@H]3O)c2o1. The van der Waals surface area contributed by atoms with E-state index in [9.17, 15) is 35.1 Å². The van der Waals surface area contributed by atoms with Crippen LogP contribution in [-0.2, 0) is 16.0 Å². The number of aryl methyl sites for hydroxylation is 1. The van der Waals surface area contributed by atoms with E-state index in [0.29, 0.717) is 5.56 Å². The summed E-state index contributed by atoms with van der Waals surface area (Å²) >= 11 is 0. The molecule has 3 rings (SSSR count). The van der Waals surface area contributed by atoms with Crippen molar-refractivity contribution >= 4 is 16.8 Å². The van der Waals surface area contributed by atoms with Crippen molar-refractivity contribution in [3.8, 4) is 5.75 Å². The number of carbonyl (C=O) groups excluding carboxylic acids is 1. The molecule has 0 unspecified atom stereocenters. The minimum Gasteiger partial charge on any atom is -0.507 e. The molecule has 0 bridgehead atoms. The maximum absolute atomic E-state index is 12.6. The van der Waals surface area contributed by atoms with Crippen molar-refractivity contribution in [1.82, 2.24) is 0 Å². The van der Waals surface area contributed by atoms with Crippen LogP contribution >= 0.6 is 0 Å². The molecule has 5 N–H and O–H groups in total. The van der Waals surface area contributed by atoms with Crippen LogP contribution in [0.5, 0.6) is 5.75 Å². The van der Waals surface area contributed by atoms with Crippen LogP contribution < -0.4 is 5.43 Å². The smallest absolute Gasteiger partial charge is 0.193 e. The minimum absolute atomic E-state index is 0.0702. The highest BCUT2D eigenvalue weighted by atomic mass is 16.5. The third kappa shape index (κ3) is 3.43. The van der Waals surface area contributed by atoms with Gasteiger partial charge < -0.3 is 34.7 Å². The van der Waals surface area contributed by atoms with Crippen LogP contribution in [0.3, 0.4) is 0 Å². The summed E-state index contributed by atoms with van der Waals surface area (Å²) < 4.78 is 11.2. The summed E-state index contributed by atoms with van der Waals surface area (Å²) in [5, 5.41) is 50.5. The fraction of sp³-hybridized carbons (Fsp3) is 0.474. The Morgan fingerprint density at radius 3 is 2.43 bits per heavy atom. The highest BCUT2D eigenvalue weighted by Crippen LogP contribution is 2.41. The van der Waals surface area contributed by atoms with E-state index in [1.54, 1.807) is 6.92 Å². The van der Waals surface area contributed by atoms with Crippen LogP contribution in [0.15, 0.2) is 21.3 Å². The van der Waals surface area contributed by atoms with Gasteiger partial charge in [0.15, 0.2) is 5.43 Å². The Kier molecular flexibility index (Phi) is 5.55. The molecule has 2 aromatic rings. The molecule has 2 heterocycles. The van der Waals surface area contributed by atoms with Gasteiger partial charge in [0, 0.05) is 6.07 Å². The first-order valence-corrected chi connectivity index (χ1v) is 8.74. The van der Waals surface area contributed by atoms with Crippen molar-refractivity contribution in [2.45, 2.75) is 50.8 Å². The summed E-state index contributed by atoms with van der Waals surface area (Å²) in [6, 6.07) is 2.48. The molecule has 1 aromatic heterocycles. The van der Waals surface area contributed by atoms with Gasteiger partial charge in [0.25, 0.3) is 0 Å². The lowest BCUT2D eigenvalue weighted by Gasteiger charge is -2.40. The Bertz CT molecular complexity index is 962. The Hall–Kier alpha value is -2.30. The van der Waals surface area contributed by atoms with Crippen LogP contribution in [0.25, 0.3) is 11.0 Å². The van der Waals surface area contributed by atoms with Crippen molar-refractivity contribution in [2.24, 2.45) is 0 Å². The summed E-state index contributed by atoms with van der Waals surface area (Å²) in [6.07, 6.45) is -7.65. The maximum atomic E-state index is 12.6. The number of ether oxygens (including phenoxy) is 1. The number of fused-ring (bicyclic) bond motifs is 1. The third-order valence-corrected chi connectivity index (χ3v) is 4.87. The molecule has 28 heavy (non-hydrogen) atoms. The molecule has 9 nitrogen and oxygen atoms in total. The summed E-state index contributed by atoms with van der Waals surface area (Å²) in [6.45, 7) is 2.27. The second-order valence-corrected chi connectivity index (χ2v) is 7.04. The van der Waals surface area contributed by atoms with E-state index >= 15 is 0 Å². The summed E-state index contributed by atoms with van der Waals surface area (Å²) in [7, 11) is 0. The van der Waals surface area contributed by atoms with Gasteiger partial charge in [-0.05, 0) is 25.5 Å². The van der Waals surface area contributed by atoms with Gasteiger partial charge in [0.2, 0.25) is 0 Å². The number of Topliss-reactive ketones (excluding diaryl/α,β-unsaturated/α-hetero) is 1. The van der Waals surface area contributed by atoms with E-state index in [-0.39, 0.29) is 40.2 Å². The van der Waals surface area contributed by atoms with E-state index < -0.39 is 42.6 Å². The molecule has 1 aliphatic heterocycles. The highest BCUT2D eigenvalue weighted by Gasteiger charge is 2.45. The molecule has 0 aliphatic carbocycles. The number of carbonyl (C=O) groups is 1. The average molecular weight is 394 g/mol. The molecule has 5 atom stereocenters.